The summed E-state index contributed by atoms with van der Waals surface area (Å²) in [5.74, 6) is -1.41. The van der Waals surface area contributed by atoms with Gasteiger partial charge in [0.05, 0.1) is 51.2 Å². The van der Waals surface area contributed by atoms with E-state index in [1.807, 2.05) is 0 Å². The number of carboxylic acid groups (broad SMARTS) is 1. The molecular formula is C24H17Cl4NO6S. The highest BCUT2D eigenvalue weighted by atomic mass is 35.5. The number of ketones is 1. The van der Waals surface area contributed by atoms with Crippen molar-refractivity contribution in [2.24, 2.45) is 0 Å². The second-order valence-electron chi connectivity index (χ2n) is 7.07. The number of anilines is 1. The number of Topliss-reactive ketones (excluding diaryl/α,β-unsaturated/α-hetero) is 1. The largest absolute Gasteiger partial charge is 0.493 e. The van der Waals surface area contributed by atoms with Crippen LogP contribution in [0.2, 0.25) is 20.1 Å². The van der Waals surface area contributed by atoms with E-state index in [-0.39, 0.29) is 26.6 Å². The Morgan fingerprint density at radius 3 is 2.11 bits per heavy atom. The van der Waals surface area contributed by atoms with Gasteiger partial charge in [0.25, 0.3) is 5.91 Å². The summed E-state index contributed by atoms with van der Waals surface area (Å²) in [7, 11) is 2.99. The minimum absolute atomic E-state index is 0.115. The van der Waals surface area contributed by atoms with E-state index in [0.29, 0.717) is 27.6 Å². The molecule has 36 heavy (non-hydrogen) atoms. The minimum Gasteiger partial charge on any atom is -0.493 e. The van der Waals surface area contributed by atoms with E-state index in [1.165, 1.54) is 26.0 Å². The lowest BCUT2D eigenvalue weighted by Crippen LogP contribution is -2.18. The average Bonchev–Trinajstić information content (AvgIpc) is 2.87. The lowest BCUT2D eigenvalue weighted by atomic mass is 10.1. The number of aromatic carboxylic acids is 1. The van der Waals surface area contributed by atoms with E-state index in [9.17, 15) is 19.5 Å². The van der Waals surface area contributed by atoms with Crippen LogP contribution in [0.25, 0.3) is 0 Å². The van der Waals surface area contributed by atoms with Crippen molar-refractivity contribution < 1.29 is 29.0 Å². The standard InChI is InChI=1S/C24H17Cl4NO6S/c1-34-15-7-6-11(8-16(15)35-2)14(30)10-36-13-5-3-4-12(9-13)29-23(31)17-18(24(32)33)20(26)22(28)21(27)19(17)25/h3-9H,10H2,1-2H3,(H,29,31)(H,32,33). The smallest absolute Gasteiger partial charge is 0.338 e. The molecule has 0 saturated carbocycles. The van der Waals surface area contributed by atoms with Gasteiger partial charge >= 0.3 is 5.97 Å². The van der Waals surface area contributed by atoms with Crippen molar-refractivity contribution in [3.8, 4) is 11.5 Å². The Labute approximate surface area is 230 Å². The van der Waals surface area contributed by atoms with E-state index >= 15 is 0 Å². The number of amides is 1. The number of halogens is 4. The topological polar surface area (TPSA) is 102 Å². The van der Waals surface area contributed by atoms with Crippen molar-refractivity contribution in [3.63, 3.8) is 0 Å². The zero-order chi connectivity index (χ0) is 26.6. The van der Waals surface area contributed by atoms with Gasteiger partial charge in [0.1, 0.15) is 0 Å². The molecule has 7 nitrogen and oxygen atoms in total. The normalized spacial score (nSPS) is 10.6. The monoisotopic (exact) mass is 587 g/mol. The number of rotatable bonds is 9. The fourth-order valence-electron chi connectivity index (χ4n) is 3.14. The second-order valence-corrected chi connectivity index (χ2v) is 9.64. The molecule has 3 rings (SSSR count). The van der Waals surface area contributed by atoms with Crippen LogP contribution >= 0.6 is 58.2 Å². The summed E-state index contributed by atoms with van der Waals surface area (Å²) in [6.45, 7) is 0. The summed E-state index contributed by atoms with van der Waals surface area (Å²) in [4.78, 5) is 38.0. The molecule has 0 saturated heterocycles. The average molecular weight is 589 g/mol. The number of ether oxygens (including phenoxy) is 2. The molecule has 0 radical (unpaired) electrons. The van der Waals surface area contributed by atoms with Crippen molar-refractivity contribution >= 4 is 81.5 Å². The molecule has 0 aliphatic carbocycles. The number of hydrogen-bond acceptors (Lipinski definition) is 6. The van der Waals surface area contributed by atoms with Crippen LogP contribution in [0.4, 0.5) is 5.69 Å². The van der Waals surface area contributed by atoms with Crippen molar-refractivity contribution in [2.45, 2.75) is 4.90 Å². The molecule has 0 unspecified atom stereocenters. The molecule has 0 atom stereocenters. The molecular weight excluding hydrogens is 572 g/mol. The molecule has 3 aromatic rings. The number of nitrogens with one attached hydrogen (secondary N) is 1. The fraction of sp³-hybridized carbons (Fsp3) is 0.125. The molecule has 2 N–H and O–H groups in total. The van der Waals surface area contributed by atoms with Gasteiger partial charge in [-0.05, 0) is 36.4 Å². The number of hydrogen-bond donors (Lipinski definition) is 2. The lowest BCUT2D eigenvalue weighted by Gasteiger charge is -2.14. The molecule has 3 aromatic carbocycles. The van der Waals surface area contributed by atoms with Crippen molar-refractivity contribution in [3.05, 3.63) is 79.2 Å². The number of carbonyl (C=O) groups is 3. The van der Waals surface area contributed by atoms with Crippen molar-refractivity contribution in [1.29, 1.82) is 0 Å². The van der Waals surface area contributed by atoms with E-state index < -0.39 is 28.0 Å². The first-order valence-electron chi connectivity index (χ1n) is 9.97. The van der Waals surface area contributed by atoms with E-state index in [1.54, 1.807) is 42.5 Å². The maximum atomic E-state index is 12.9. The lowest BCUT2D eigenvalue weighted by molar-refractivity contribution is 0.0692. The molecule has 188 valence electrons. The van der Waals surface area contributed by atoms with E-state index in [0.717, 1.165) is 0 Å². The van der Waals surface area contributed by atoms with Crippen LogP contribution in [0, 0.1) is 0 Å². The first kappa shape index (κ1) is 28.0. The van der Waals surface area contributed by atoms with Crippen LogP contribution in [-0.4, -0.2) is 42.7 Å². The van der Waals surface area contributed by atoms with Gasteiger partial charge in [-0.1, -0.05) is 52.5 Å². The van der Waals surface area contributed by atoms with Gasteiger partial charge in [0.15, 0.2) is 17.3 Å². The Balaban J connectivity index is 1.78. The molecule has 12 heteroatoms. The van der Waals surface area contributed by atoms with Gasteiger partial charge in [0, 0.05) is 16.1 Å². The summed E-state index contributed by atoms with van der Waals surface area (Å²) >= 11 is 25.4. The molecule has 0 bridgehead atoms. The van der Waals surface area contributed by atoms with Gasteiger partial charge < -0.3 is 19.9 Å². The number of benzene rings is 3. The third-order valence-corrected chi connectivity index (χ3v) is 7.67. The fourth-order valence-corrected chi connectivity index (χ4v) is 5.01. The zero-order valence-electron chi connectivity index (χ0n) is 18.7. The highest BCUT2D eigenvalue weighted by molar-refractivity contribution is 8.00. The molecule has 0 aliphatic heterocycles. The summed E-state index contributed by atoms with van der Waals surface area (Å²) < 4.78 is 10.4. The summed E-state index contributed by atoms with van der Waals surface area (Å²) in [6.07, 6.45) is 0. The first-order valence-corrected chi connectivity index (χ1v) is 12.5. The summed E-state index contributed by atoms with van der Waals surface area (Å²) in [6, 6.07) is 11.5. The SMILES string of the molecule is COc1ccc(C(=O)CSc2cccc(NC(=O)c3c(Cl)c(Cl)c(Cl)c(Cl)c3C(=O)O)c2)cc1OC. The van der Waals surface area contributed by atoms with Gasteiger partial charge in [-0.25, -0.2) is 4.79 Å². The molecule has 0 aliphatic rings. The third kappa shape index (κ3) is 6.02. The van der Waals surface area contributed by atoms with Crippen LogP contribution in [-0.2, 0) is 0 Å². The Hall–Kier alpha value is -2.62. The number of methoxy groups -OCH3 is 2. The zero-order valence-corrected chi connectivity index (χ0v) is 22.5. The molecule has 0 aromatic heterocycles. The van der Waals surface area contributed by atoms with Crippen molar-refractivity contribution in [1.82, 2.24) is 0 Å². The highest BCUT2D eigenvalue weighted by Crippen LogP contribution is 2.42. The van der Waals surface area contributed by atoms with Gasteiger partial charge in [0.2, 0.25) is 0 Å². The molecule has 1 amide bonds. The maximum Gasteiger partial charge on any atom is 0.338 e. The summed E-state index contributed by atoms with van der Waals surface area (Å²) in [5, 5.41) is 10.9. The highest BCUT2D eigenvalue weighted by Gasteiger charge is 2.29. The maximum absolute atomic E-state index is 12.9. The van der Waals surface area contributed by atoms with Crippen LogP contribution in [0.3, 0.4) is 0 Å². The Bertz CT molecular complexity index is 1360. The van der Waals surface area contributed by atoms with Crippen LogP contribution < -0.4 is 14.8 Å². The van der Waals surface area contributed by atoms with Gasteiger partial charge in [-0.15, -0.1) is 11.8 Å². The Kier molecular flexibility index (Phi) is 9.38. The predicted molar refractivity (Wildman–Crippen MR) is 142 cm³/mol. The van der Waals surface area contributed by atoms with Gasteiger partial charge in [-0.3, -0.25) is 9.59 Å². The first-order chi connectivity index (χ1) is 17.1. The van der Waals surface area contributed by atoms with Crippen LogP contribution in [0.5, 0.6) is 11.5 Å². The Morgan fingerprint density at radius 1 is 0.861 bits per heavy atom. The molecule has 0 heterocycles. The number of carboxylic acids is 1. The number of carbonyl (C=O) groups excluding carboxylic acids is 2. The minimum atomic E-state index is -1.50. The Morgan fingerprint density at radius 2 is 1.50 bits per heavy atom. The predicted octanol–water partition coefficient (Wildman–Crippen LogP) is 7.24. The van der Waals surface area contributed by atoms with E-state index in [2.05, 4.69) is 5.32 Å². The van der Waals surface area contributed by atoms with Crippen LogP contribution in [0.15, 0.2) is 47.4 Å². The van der Waals surface area contributed by atoms with Gasteiger partial charge in [-0.2, -0.15) is 0 Å². The number of thioether (sulfide) groups is 1. The van der Waals surface area contributed by atoms with E-state index in [4.69, 9.17) is 55.9 Å². The second kappa shape index (κ2) is 12.1. The molecule has 0 fully saturated rings. The van der Waals surface area contributed by atoms with Crippen molar-refractivity contribution in [2.75, 3.05) is 25.3 Å². The van der Waals surface area contributed by atoms with Crippen LogP contribution in [0.1, 0.15) is 31.1 Å². The third-order valence-electron chi connectivity index (χ3n) is 4.88. The quantitative estimate of drug-likeness (QED) is 0.117. The summed E-state index contributed by atoms with van der Waals surface area (Å²) in [5.41, 5.74) is -0.208. The molecule has 0 spiro atoms.